The van der Waals surface area contributed by atoms with Crippen molar-refractivity contribution in [2.24, 2.45) is 11.7 Å². The number of nitrogens with two attached hydrogens (primary N) is 1. The number of hydrogen-bond acceptors (Lipinski definition) is 5. The van der Waals surface area contributed by atoms with E-state index in [9.17, 15) is 0 Å². The topological polar surface area (TPSA) is 75.9 Å². The maximum absolute atomic E-state index is 5.43. The predicted molar refractivity (Wildman–Crippen MR) is 70.0 cm³/mol. The smallest absolute Gasteiger partial charge is 0.131 e. The molecule has 1 aromatic rings. The molecule has 4 N–H and O–H groups in total. The van der Waals surface area contributed by atoms with Gasteiger partial charge in [-0.25, -0.2) is 9.97 Å². The second kappa shape index (κ2) is 6.39. The van der Waals surface area contributed by atoms with E-state index in [-0.39, 0.29) is 0 Å². The average molecular weight is 235 g/mol. The Hall–Kier alpha value is -1.36. The maximum Gasteiger partial charge on any atom is 0.131 e. The second-order valence-corrected chi connectivity index (χ2v) is 4.54. The fourth-order valence-corrected chi connectivity index (χ4v) is 2.21. The van der Waals surface area contributed by atoms with Gasteiger partial charge in [0.05, 0.1) is 0 Å². The van der Waals surface area contributed by atoms with Crippen LogP contribution in [-0.2, 0) is 0 Å². The minimum atomic E-state index is 0.606. The molecule has 0 saturated heterocycles. The number of anilines is 2. The summed E-state index contributed by atoms with van der Waals surface area (Å²) < 4.78 is 0. The van der Waals surface area contributed by atoms with Gasteiger partial charge in [0.1, 0.15) is 18.0 Å². The van der Waals surface area contributed by atoms with Crippen LogP contribution in [-0.4, -0.2) is 29.6 Å². The molecule has 1 fully saturated rings. The fraction of sp³-hybridized carbons (Fsp3) is 0.667. The normalized spacial score (nSPS) is 16.1. The van der Waals surface area contributed by atoms with Crippen LogP contribution in [0.5, 0.6) is 0 Å². The van der Waals surface area contributed by atoms with Gasteiger partial charge in [-0.2, -0.15) is 0 Å². The molecular weight excluding hydrogens is 214 g/mol. The summed E-state index contributed by atoms with van der Waals surface area (Å²) >= 11 is 0. The summed E-state index contributed by atoms with van der Waals surface area (Å²) in [6.07, 6.45) is 7.02. The molecule has 1 aliphatic rings. The Bertz CT molecular complexity index is 335. The summed E-state index contributed by atoms with van der Waals surface area (Å²) in [5.74, 6) is 2.54. The Labute approximate surface area is 102 Å². The van der Waals surface area contributed by atoms with Crippen LogP contribution in [0.3, 0.4) is 0 Å². The molecule has 1 saturated carbocycles. The summed E-state index contributed by atoms with van der Waals surface area (Å²) in [6.45, 7) is 2.36. The van der Waals surface area contributed by atoms with Gasteiger partial charge in [-0.1, -0.05) is 12.8 Å². The zero-order valence-electron chi connectivity index (χ0n) is 10.2. The molecule has 2 rings (SSSR count). The molecule has 0 aromatic carbocycles. The first-order valence-electron chi connectivity index (χ1n) is 6.38. The Morgan fingerprint density at radius 2 is 1.88 bits per heavy atom. The molecule has 0 spiro atoms. The largest absolute Gasteiger partial charge is 0.370 e. The van der Waals surface area contributed by atoms with E-state index in [1.54, 1.807) is 6.33 Å². The van der Waals surface area contributed by atoms with Crippen molar-refractivity contribution >= 4 is 11.6 Å². The highest BCUT2D eigenvalue weighted by Crippen LogP contribution is 2.24. The van der Waals surface area contributed by atoms with Crippen molar-refractivity contribution in [1.82, 2.24) is 9.97 Å². The van der Waals surface area contributed by atoms with E-state index in [1.165, 1.54) is 25.7 Å². The van der Waals surface area contributed by atoms with E-state index >= 15 is 0 Å². The first kappa shape index (κ1) is 12.1. The Kier molecular flexibility index (Phi) is 4.55. The fourth-order valence-electron chi connectivity index (χ4n) is 2.21. The molecule has 5 heteroatoms. The highest BCUT2D eigenvalue weighted by atomic mass is 15.1. The van der Waals surface area contributed by atoms with Crippen molar-refractivity contribution in [3.05, 3.63) is 12.4 Å². The van der Waals surface area contributed by atoms with Gasteiger partial charge in [0.15, 0.2) is 0 Å². The van der Waals surface area contributed by atoms with Gasteiger partial charge in [-0.05, 0) is 18.8 Å². The van der Waals surface area contributed by atoms with Crippen LogP contribution in [0.4, 0.5) is 11.6 Å². The van der Waals surface area contributed by atoms with Crippen LogP contribution in [0.1, 0.15) is 25.7 Å². The van der Waals surface area contributed by atoms with Gasteiger partial charge in [0, 0.05) is 25.7 Å². The van der Waals surface area contributed by atoms with E-state index in [1.807, 2.05) is 6.07 Å². The SMILES string of the molecule is NCCNc1cc(NCC2CCCC2)ncn1. The predicted octanol–water partition coefficient (Wildman–Crippen LogP) is 1.45. The number of aromatic nitrogens is 2. The van der Waals surface area contributed by atoms with E-state index in [4.69, 9.17) is 5.73 Å². The van der Waals surface area contributed by atoms with Gasteiger partial charge in [0.25, 0.3) is 0 Å². The van der Waals surface area contributed by atoms with Crippen molar-refractivity contribution in [2.45, 2.75) is 25.7 Å². The Morgan fingerprint density at radius 1 is 1.18 bits per heavy atom. The molecule has 0 bridgehead atoms. The third-order valence-electron chi connectivity index (χ3n) is 3.16. The third-order valence-corrected chi connectivity index (χ3v) is 3.16. The third kappa shape index (κ3) is 3.85. The zero-order valence-corrected chi connectivity index (χ0v) is 10.2. The quantitative estimate of drug-likeness (QED) is 0.695. The maximum atomic E-state index is 5.43. The number of hydrogen-bond donors (Lipinski definition) is 3. The first-order valence-corrected chi connectivity index (χ1v) is 6.38. The monoisotopic (exact) mass is 235 g/mol. The molecule has 0 amide bonds. The van der Waals surface area contributed by atoms with Crippen molar-refractivity contribution in [3.8, 4) is 0 Å². The summed E-state index contributed by atoms with van der Waals surface area (Å²) in [7, 11) is 0. The molecule has 5 nitrogen and oxygen atoms in total. The second-order valence-electron chi connectivity index (χ2n) is 4.54. The number of rotatable bonds is 6. The van der Waals surface area contributed by atoms with Crippen LogP contribution in [0.15, 0.2) is 12.4 Å². The lowest BCUT2D eigenvalue weighted by atomic mass is 10.1. The highest BCUT2D eigenvalue weighted by molar-refractivity contribution is 5.46. The molecular formula is C12H21N5. The minimum Gasteiger partial charge on any atom is -0.370 e. The first-order chi connectivity index (χ1) is 8.38. The zero-order chi connectivity index (χ0) is 11.9. The summed E-state index contributed by atoms with van der Waals surface area (Å²) in [6, 6.07) is 1.94. The number of nitrogens with one attached hydrogen (secondary N) is 2. The van der Waals surface area contributed by atoms with E-state index in [0.29, 0.717) is 6.54 Å². The molecule has 0 atom stereocenters. The van der Waals surface area contributed by atoms with Gasteiger partial charge in [-0.3, -0.25) is 0 Å². The van der Waals surface area contributed by atoms with Gasteiger partial charge < -0.3 is 16.4 Å². The highest BCUT2D eigenvalue weighted by Gasteiger charge is 2.14. The van der Waals surface area contributed by atoms with Crippen molar-refractivity contribution in [1.29, 1.82) is 0 Å². The van der Waals surface area contributed by atoms with Crippen LogP contribution < -0.4 is 16.4 Å². The lowest BCUT2D eigenvalue weighted by molar-refractivity contribution is 0.579. The van der Waals surface area contributed by atoms with Crippen LogP contribution in [0.2, 0.25) is 0 Å². The van der Waals surface area contributed by atoms with Crippen molar-refractivity contribution < 1.29 is 0 Å². The van der Waals surface area contributed by atoms with E-state index in [0.717, 1.165) is 30.6 Å². The lowest BCUT2D eigenvalue weighted by Crippen LogP contribution is -2.15. The van der Waals surface area contributed by atoms with Crippen LogP contribution in [0.25, 0.3) is 0 Å². The lowest BCUT2D eigenvalue weighted by Gasteiger charge is -2.11. The molecule has 1 aliphatic carbocycles. The van der Waals surface area contributed by atoms with Crippen LogP contribution >= 0.6 is 0 Å². The standard InChI is InChI=1S/C12H21N5/c13-5-6-14-11-7-12(17-9-16-11)15-8-10-3-1-2-4-10/h7,9-10H,1-6,8,13H2,(H2,14,15,16,17). The molecule has 0 unspecified atom stereocenters. The van der Waals surface area contributed by atoms with Crippen molar-refractivity contribution in [3.63, 3.8) is 0 Å². The average Bonchev–Trinajstić information content (AvgIpc) is 2.87. The summed E-state index contributed by atoms with van der Waals surface area (Å²) in [5.41, 5.74) is 5.43. The molecule has 1 aromatic heterocycles. The molecule has 17 heavy (non-hydrogen) atoms. The minimum absolute atomic E-state index is 0.606. The molecule has 1 heterocycles. The molecule has 0 aliphatic heterocycles. The van der Waals surface area contributed by atoms with E-state index in [2.05, 4.69) is 20.6 Å². The summed E-state index contributed by atoms with van der Waals surface area (Å²) in [5, 5.41) is 6.53. The van der Waals surface area contributed by atoms with Gasteiger partial charge in [0.2, 0.25) is 0 Å². The number of nitrogens with zero attached hydrogens (tertiary/aromatic N) is 2. The Morgan fingerprint density at radius 3 is 2.59 bits per heavy atom. The van der Waals surface area contributed by atoms with E-state index < -0.39 is 0 Å². The summed E-state index contributed by atoms with van der Waals surface area (Å²) in [4.78, 5) is 8.35. The van der Waals surface area contributed by atoms with Crippen molar-refractivity contribution in [2.75, 3.05) is 30.3 Å². The Balaban J connectivity index is 1.82. The molecule has 0 radical (unpaired) electrons. The van der Waals surface area contributed by atoms with Crippen LogP contribution in [0, 0.1) is 5.92 Å². The van der Waals surface area contributed by atoms with Gasteiger partial charge in [-0.15, -0.1) is 0 Å². The molecule has 94 valence electrons. The van der Waals surface area contributed by atoms with Gasteiger partial charge >= 0.3 is 0 Å².